The van der Waals surface area contributed by atoms with Gasteiger partial charge in [0.15, 0.2) is 0 Å². The molecule has 1 aliphatic heterocycles. The second-order valence-electron chi connectivity index (χ2n) is 6.77. The zero-order chi connectivity index (χ0) is 16.6. The maximum Gasteiger partial charge on any atom is 0.243 e. The number of fused-ring (bicyclic) bond motifs is 1. The van der Waals surface area contributed by atoms with Gasteiger partial charge in [-0.3, -0.25) is 4.68 Å². The van der Waals surface area contributed by atoms with Gasteiger partial charge in [-0.2, -0.15) is 9.40 Å². The molecule has 2 heterocycles. The molecule has 1 aliphatic carbocycles. The van der Waals surface area contributed by atoms with Crippen molar-refractivity contribution in [3.63, 3.8) is 0 Å². The van der Waals surface area contributed by atoms with Crippen LogP contribution < -0.4 is 0 Å². The Hall–Kier alpha value is -1.73. The molecule has 1 fully saturated rings. The molecule has 0 saturated carbocycles. The van der Waals surface area contributed by atoms with Gasteiger partial charge in [-0.05, 0) is 61.3 Å². The molecule has 6 nitrogen and oxygen atoms in total. The van der Waals surface area contributed by atoms with Gasteiger partial charge in [0, 0.05) is 19.6 Å². The van der Waals surface area contributed by atoms with Gasteiger partial charge in [-0.1, -0.05) is 6.07 Å². The third-order valence-electron chi connectivity index (χ3n) is 5.10. The predicted molar refractivity (Wildman–Crippen MR) is 90.0 cm³/mol. The van der Waals surface area contributed by atoms with E-state index in [2.05, 4.69) is 10.1 Å². The van der Waals surface area contributed by atoms with Gasteiger partial charge in [0.1, 0.15) is 12.7 Å². The van der Waals surface area contributed by atoms with Crippen LogP contribution in [0, 0.1) is 5.92 Å². The average molecular weight is 346 g/mol. The van der Waals surface area contributed by atoms with Gasteiger partial charge >= 0.3 is 0 Å². The number of aryl methyl sites for hydroxylation is 2. The van der Waals surface area contributed by atoms with E-state index in [4.69, 9.17) is 0 Å². The van der Waals surface area contributed by atoms with Crippen molar-refractivity contribution in [2.75, 3.05) is 13.1 Å². The third kappa shape index (κ3) is 2.98. The zero-order valence-electron chi connectivity index (χ0n) is 13.6. The Labute approximate surface area is 142 Å². The molecule has 1 aromatic heterocycles. The topological polar surface area (TPSA) is 68.1 Å². The first-order valence-electron chi connectivity index (χ1n) is 8.57. The number of piperidine rings is 1. The Balaban J connectivity index is 1.53. The number of rotatable bonds is 4. The maximum atomic E-state index is 13.0. The van der Waals surface area contributed by atoms with Crippen LogP contribution in [0.2, 0.25) is 0 Å². The van der Waals surface area contributed by atoms with Crippen molar-refractivity contribution < 1.29 is 8.42 Å². The summed E-state index contributed by atoms with van der Waals surface area (Å²) in [7, 11) is -3.41. The second-order valence-corrected chi connectivity index (χ2v) is 8.71. The first kappa shape index (κ1) is 15.8. The fourth-order valence-corrected chi connectivity index (χ4v) is 5.45. The molecule has 1 atom stereocenters. The highest BCUT2D eigenvalue weighted by Crippen LogP contribution is 2.28. The van der Waals surface area contributed by atoms with Crippen LogP contribution in [0.1, 0.15) is 30.4 Å². The van der Waals surface area contributed by atoms with Crippen LogP contribution in [0.25, 0.3) is 0 Å². The molecular weight excluding hydrogens is 324 g/mol. The van der Waals surface area contributed by atoms with Gasteiger partial charge in [0.25, 0.3) is 0 Å². The van der Waals surface area contributed by atoms with Crippen LogP contribution in [-0.4, -0.2) is 40.6 Å². The molecule has 0 unspecified atom stereocenters. The lowest BCUT2D eigenvalue weighted by molar-refractivity contribution is 0.239. The van der Waals surface area contributed by atoms with Gasteiger partial charge in [-0.25, -0.2) is 13.4 Å². The van der Waals surface area contributed by atoms with E-state index in [0.717, 1.165) is 38.6 Å². The smallest absolute Gasteiger partial charge is 0.243 e. The number of nitrogens with zero attached hydrogens (tertiary/aromatic N) is 4. The number of benzene rings is 1. The summed E-state index contributed by atoms with van der Waals surface area (Å²) in [6.45, 7) is 1.88. The molecule has 0 bridgehead atoms. The molecule has 0 radical (unpaired) electrons. The highest BCUT2D eigenvalue weighted by Gasteiger charge is 2.31. The van der Waals surface area contributed by atoms with E-state index >= 15 is 0 Å². The number of aromatic nitrogens is 3. The summed E-state index contributed by atoms with van der Waals surface area (Å²) in [5.74, 6) is 0.282. The summed E-state index contributed by atoms with van der Waals surface area (Å²) in [4.78, 5) is 4.40. The predicted octanol–water partition coefficient (Wildman–Crippen LogP) is 1.87. The lowest BCUT2D eigenvalue weighted by atomic mass is 10.00. The summed E-state index contributed by atoms with van der Waals surface area (Å²) in [5.41, 5.74) is 2.50. The van der Waals surface area contributed by atoms with E-state index in [9.17, 15) is 8.42 Å². The van der Waals surface area contributed by atoms with Gasteiger partial charge in [0.2, 0.25) is 10.0 Å². The van der Waals surface area contributed by atoms with Crippen LogP contribution in [0.5, 0.6) is 0 Å². The summed E-state index contributed by atoms with van der Waals surface area (Å²) in [6.07, 6.45) is 8.31. The van der Waals surface area contributed by atoms with Crippen molar-refractivity contribution in [2.24, 2.45) is 5.92 Å². The number of hydrogen-bond acceptors (Lipinski definition) is 4. The fraction of sp³-hybridized carbons (Fsp3) is 0.529. The maximum absolute atomic E-state index is 13.0. The normalized spacial score (nSPS) is 21.8. The lowest BCUT2D eigenvalue weighted by Gasteiger charge is -2.31. The summed E-state index contributed by atoms with van der Waals surface area (Å²) < 4.78 is 29.5. The first-order valence-corrected chi connectivity index (χ1v) is 10.0. The minimum Gasteiger partial charge on any atom is -0.253 e. The molecule has 7 heteroatoms. The molecule has 0 spiro atoms. The fourth-order valence-electron chi connectivity index (χ4n) is 3.84. The van der Waals surface area contributed by atoms with Crippen molar-refractivity contribution >= 4 is 10.0 Å². The molecule has 2 aromatic rings. The van der Waals surface area contributed by atoms with Crippen LogP contribution in [0.4, 0.5) is 0 Å². The van der Waals surface area contributed by atoms with E-state index in [-0.39, 0.29) is 5.92 Å². The number of sulfonamides is 1. The molecule has 0 amide bonds. The monoisotopic (exact) mass is 346 g/mol. The quantitative estimate of drug-likeness (QED) is 0.847. The molecule has 2 aliphatic rings. The van der Waals surface area contributed by atoms with Gasteiger partial charge in [-0.15, -0.1) is 0 Å². The molecule has 24 heavy (non-hydrogen) atoms. The Morgan fingerprint density at radius 2 is 2.04 bits per heavy atom. The van der Waals surface area contributed by atoms with Crippen molar-refractivity contribution in [1.29, 1.82) is 0 Å². The Morgan fingerprint density at radius 1 is 1.17 bits per heavy atom. The van der Waals surface area contributed by atoms with Gasteiger partial charge < -0.3 is 0 Å². The van der Waals surface area contributed by atoms with Gasteiger partial charge in [0.05, 0.1) is 4.90 Å². The lowest BCUT2D eigenvalue weighted by Crippen LogP contribution is -2.41. The highest BCUT2D eigenvalue weighted by molar-refractivity contribution is 7.89. The van der Waals surface area contributed by atoms with E-state index in [1.807, 2.05) is 12.1 Å². The van der Waals surface area contributed by atoms with Crippen molar-refractivity contribution in [3.8, 4) is 0 Å². The molecular formula is C17H22N4O2S. The van der Waals surface area contributed by atoms with E-state index < -0.39 is 10.0 Å². The zero-order valence-corrected chi connectivity index (χ0v) is 14.5. The molecule has 128 valence electrons. The summed E-state index contributed by atoms with van der Waals surface area (Å²) in [5, 5.41) is 4.13. The van der Waals surface area contributed by atoms with Crippen molar-refractivity contribution in [2.45, 2.75) is 43.5 Å². The van der Waals surface area contributed by atoms with Crippen LogP contribution in [0.3, 0.4) is 0 Å². The van der Waals surface area contributed by atoms with Crippen LogP contribution in [0.15, 0.2) is 35.7 Å². The Morgan fingerprint density at radius 3 is 2.88 bits per heavy atom. The first-order chi connectivity index (χ1) is 11.6. The standard InChI is InChI=1S/C17H22N4O2S/c22-24(23,17-7-6-15-4-1-5-16(15)9-17)21-8-2-3-14(11-21)10-20-13-18-12-19-20/h6-7,9,12-14H,1-5,8,10-11H2/t14-/m0/s1. The van der Waals surface area contributed by atoms with E-state index in [0.29, 0.717) is 18.0 Å². The second kappa shape index (κ2) is 6.29. The third-order valence-corrected chi connectivity index (χ3v) is 6.96. The SMILES string of the molecule is O=S(=O)(c1ccc2c(c1)CCC2)N1CCC[C@@H](Cn2cncn2)C1. The minimum atomic E-state index is -3.41. The molecule has 0 N–H and O–H groups in total. The molecule has 1 aromatic carbocycles. The Bertz CT molecular complexity index is 817. The Kier molecular flexibility index (Phi) is 4.14. The highest BCUT2D eigenvalue weighted by atomic mass is 32.2. The largest absolute Gasteiger partial charge is 0.253 e. The van der Waals surface area contributed by atoms with Crippen LogP contribution in [-0.2, 0) is 29.4 Å². The molecule has 4 rings (SSSR count). The summed E-state index contributed by atoms with van der Waals surface area (Å²) >= 11 is 0. The molecule has 1 saturated heterocycles. The average Bonchev–Trinajstić information content (AvgIpc) is 3.25. The van der Waals surface area contributed by atoms with Crippen molar-refractivity contribution in [1.82, 2.24) is 19.1 Å². The minimum absolute atomic E-state index is 0.282. The van der Waals surface area contributed by atoms with E-state index in [1.165, 1.54) is 17.5 Å². The number of hydrogen-bond donors (Lipinski definition) is 0. The van der Waals surface area contributed by atoms with E-state index in [1.54, 1.807) is 21.4 Å². The van der Waals surface area contributed by atoms with Crippen molar-refractivity contribution in [3.05, 3.63) is 42.0 Å². The summed E-state index contributed by atoms with van der Waals surface area (Å²) in [6, 6.07) is 5.66. The van der Waals surface area contributed by atoms with Crippen LogP contribution >= 0.6 is 0 Å².